The van der Waals surface area contributed by atoms with E-state index in [1.165, 1.54) is 22.0 Å². The summed E-state index contributed by atoms with van der Waals surface area (Å²) in [5.41, 5.74) is 8.79. The molecule has 0 bridgehead atoms. The Balaban J connectivity index is 1.66. The van der Waals surface area contributed by atoms with E-state index in [9.17, 15) is 9.18 Å². The van der Waals surface area contributed by atoms with Gasteiger partial charge < -0.3 is 11.1 Å². The lowest BCUT2D eigenvalue weighted by Gasteiger charge is -2.23. The summed E-state index contributed by atoms with van der Waals surface area (Å²) >= 11 is 1.54. The molecule has 1 atom stereocenters. The molecule has 0 aliphatic rings. The molecule has 192 valence electrons. The first kappa shape index (κ1) is 25.2. The molecular weight excluding hydrogens is 501 g/mol. The van der Waals surface area contributed by atoms with Crippen LogP contribution in [0, 0.1) is 19.7 Å². The van der Waals surface area contributed by atoms with E-state index in [-0.39, 0.29) is 16.9 Å². The molecule has 0 saturated heterocycles. The van der Waals surface area contributed by atoms with Gasteiger partial charge in [0.05, 0.1) is 22.9 Å². The highest BCUT2D eigenvalue weighted by Crippen LogP contribution is 2.28. The minimum absolute atomic E-state index is 0.0561. The van der Waals surface area contributed by atoms with Gasteiger partial charge in [0.2, 0.25) is 5.95 Å². The first-order valence-electron chi connectivity index (χ1n) is 12.1. The fraction of sp³-hybridized carbons (Fsp3) is 0.179. The molecule has 0 amide bonds. The van der Waals surface area contributed by atoms with Crippen molar-refractivity contribution in [2.75, 3.05) is 11.1 Å². The average Bonchev–Trinajstić information content (AvgIpc) is 3.31. The highest BCUT2D eigenvalue weighted by Gasteiger charge is 2.23. The number of nitrogens with one attached hydrogen (secondary N) is 1. The fourth-order valence-electron chi connectivity index (χ4n) is 4.30. The maximum atomic E-state index is 14.8. The van der Waals surface area contributed by atoms with Crippen LogP contribution >= 0.6 is 11.3 Å². The van der Waals surface area contributed by atoms with Gasteiger partial charge in [0, 0.05) is 16.6 Å². The van der Waals surface area contributed by atoms with Crippen LogP contribution in [0.4, 0.5) is 16.2 Å². The number of nitrogens with two attached hydrogens (primary N) is 1. The van der Waals surface area contributed by atoms with E-state index in [2.05, 4.69) is 20.3 Å². The Morgan fingerprint density at radius 2 is 1.84 bits per heavy atom. The molecule has 0 aliphatic carbocycles. The third kappa shape index (κ3) is 4.90. The standard InChI is InChI=1S/C28H26FN7OS/c1-4-21(33-25-19(17(3)32-28(30)35-25)13-14-23-31-16(2)15-38-23)26-34-22-12-8-11-20(29)24(22)27(37)36(26)18-9-6-5-7-10-18/h5-15,21H,4H2,1-3H3,(H3,30,32,33,35)/b14-13+. The van der Waals surface area contributed by atoms with Crippen molar-refractivity contribution < 1.29 is 4.39 Å². The molecule has 38 heavy (non-hydrogen) atoms. The Kier molecular flexibility index (Phi) is 6.97. The molecule has 3 heterocycles. The number of nitrogens with zero attached hydrogens (tertiary/aromatic N) is 5. The zero-order valence-electron chi connectivity index (χ0n) is 21.1. The first-order chi connectivity index (χ1) is 18.4. The van der Waals surface area contributed by atoms with Gasteiger partial charge in [0.1, 0.15) is 27.9 Å². The predicted molar refractivity (Wildman–Crippen MR) is 151 cm³/mol. The van der Waals surface area contributed by atoms with Crippen molar-refractivity contribution in [1.29, 1.82) is 0 Å². The van der Waals surface area contributed by atoms with E-state index >= 15 is 0 Å². The van der Waals surface area contributed by atoms with Crippen LogP contribution in [0.1, 0.15) is 47.2 Å². The number of anilines is 2. The molecule has 10 heteroatoms. The van der Waals surface area contributed by atoms with E-state index in [1.807, 2.05) is 56.5 Å². The molecule has 2 aromatic carbocycles. The lowest BCUT2D eigenvalue weighted by atomic mass is 10.1. The number of aromatic nitrogens is 5. The van der Waals surface area contributed by atoms with Crippen molar-refractivity contribution in [3.63, 3.8) is 0 Å². The highest BCUT2D eigenvalue weighted by atomic mass is 32.1. The van der Waals surface area contributed by atoms with Gasteiger partial charge in [-0.05, 0) is 56.7 Å². The molecule has 1 unspecified atom stereocenters. The summed E-state index contributed by atoms with van der Waals surface area (Å²) in [6, 6.07) is 13.1. The molecule has 0 fully saturated rings. The SMILES string of the molecule is CCC(Nc1nc(N)nc(C)c1/C=C/c1nc(C)cs1)c1nc2cccc(F)c2c(=O)n1-c1ccccc1. The van der Waals surface area contributed by atoms with Crippen molar-refractivity contribution in [1.82, 2.24) is 24.5 Å². The third-order valence-corrected chi connectivity index (χ3v) is 7.03. The molecule has 0 spiro atoms. The topological polar surface area (TPSA) is 112 Å². The fourth-order valence-corrected chi connectivity index (χ4v) is 4.98. The Hall–Kier alpha value is -4.44. The number of rotatable bonds is 7. The number of hydrogen-bond donors (Lipinski definition) is 2. The van der Waals surface area contributed by atoms with Gasteiger partial charge in [-0.25, -0.2) is 19.3 Å². The third-order valence-electron chi connectivity index (χ3n) is 6.10. The van der Waals surface area contributed by atoms with Crippen molar-refractivity contribution in [2.45, 2.75) is 33.2 Å². The zero-order chi connectivity index (χ0) is 26.8. The Bertz CT molecular complexity index is 1710. The largest absolute Gasteiger partial charge is 0.368 e. The van der Waals surface area contributed by atoms with E-state index in [4.69, 9.17) is 10.7 Å². The van der Waals surface area contributed by atoms with Gasteiger partial charge in [0.25, 0.3) is 5.56 Å². The summed E-state index contributed by atoms with van der Waals surface area (Å²) in [5, 5.41) is 6.22. The highest BCUT2D eigenvalue weighted by molar-refractivity contribution is 7.10. The predicted octanol–water partition coefficient (Wildman–Crippen LogP) is 5.70. The molecule has 3 N–H and O–H groups in total. The van der Waals surface area contributed by atoms with Crippen LogP contribution < -0.4 is 16.6 Å². The number of para-hydroxylation sites is 1. The second-order valence-electron chi connectivity index (χ2n) is 8.78. The van der Waals surface area contributed by atoms with Crippen LogP contribution in [0.2, 0.25) is 0 Å². The summed E-state index contributed by atoms with van der Waals surface area (Å²) in [7, 11) is 0. The number of nitrogen functional groups attached to an aromatic ring is 1. The maximum absolute atomic E-state index is 14.8. The van der Waals surface area contributed by atoms with Gasteiger partial charge in [-0.3, -0.25) is 9.36 Å². The Morgan fingerprint density at radius 1 is 1.05 bits per heavy atom. The van der Waals surface area contributed by atoms with Crippen LogP contribution in [-0.2, 0) is 0 Å². The number of benzene rings is 2. The van der Waals surface area contributed by atoms with Crippen LogP contribution in [0.5, 0.6) is 0 Å². The first-order valence-corrected chi connectivity index (χ1v) is 13.0. The number of fused-ring (bicyclic) bond motifs is 1. The normalized spacial score (nSPS) is 12.3. The minimum atomic E-state index is -0.610. The number of hydrogen-bond acceptors (Lipinski definition) is 8. The van der Waals surface area contributed by atoms with Gasteiger partial charge in [-0.15, -0.1) is 11.3 Å². The van der Waals surface area contributed by atoms with E-state index in [0.29, 0.717) is 29.4 Å². The van der Waals surface area contributed by atoms with E-state index in [0.717, 1.165) is 16.3 Å². The molecule has 3 aromatic heterocycles. The smallest absolute Gasteiger partial charge is 0.269 e. The second kappa shape index (κ2) is 10.5. The van der Waals surface area contributed by atoms with Gasteiger partial charge in [0.15, 0.2) is 0 Å². The van der Waals surface area contributed by atoms with Crippen LogP contribution in [0.3, 0.4) is 0 Å². The van der Waals surface area contributed by atoms with E-state index < -0.39 is 17.4 Å². The molecule has 5 aromatic rings. The zero-order valence-corrected chi connectivity index (χ0v) is 22.0. The number of thiazole rings is 1. The van der Waals surface area contributed by atoms with Gasteiger partial charge >= 0.3 is 0 Å². The van der Waals surface area contributed by atoms with Gasteiger partial charge in [-0.2, -0.15) is 4.98 Å². The quantitative estimate of drug-likeness (QED) is 0.279. The summed E-state index contributed by atoms with van der Waals surface area (Å²) in [6.45, 7) is 5.77. The summed E-state index contributed by atoms with van der Waals surface area (Å²) in [6.07, 6.45) is 4.36. The molecule has 8 nitrogen and oxygen atoms in total. The monoisotopic (exact) mass is 527 g/mol. The van der Waals surface area contributed by atoms with Crippen molar-refractivity contribution in [3.8, 4) is 5.69 Å². The lowest BCUT2D eigenvalue weighted by Crippen LogP contribution is -2.29. The summed E-state index contributed by atoms with van der Waals surface area (Å²) in [4.78, 5) is 31.7. The van der Waals surface area contributed by atoms with Crippen molar-refractivity contribution >= 4 is 46.2 Å². The molecule has 0 saturated carbocycles. The Morgan fingerprint density at radius 3 is 2.55 bits per heavy atom. The lowest BCUT2D eigenvalue weighted by molar-refractivity contribution is 0.630. The molecule has 0 aliphatic heterocycles. The summed E-state index contributed by atoms with van der Waals surface area (Å²) in [5.74, 6) is 0.444. The summed E-state index contributed by atoms with van der Waals surface area (Å²) < 4.78 is 16.2. The second-order valence-corrected chi connectivity index (χ2v) is 9.66. The van der Waals surface area contributed by atoms with Crippen LogP contribution in [0.25, 0.3) is 28.7 Å². The van der Waals surface area contributed by atoms with Crippen molar-refractivity contribution in [2.24, 2.45) is 0 Å². The molecular formula is C28H26FN7OS. The van der Waals surface area contributed by atoms with Crippen LogP contribution in [0.15, 0.2) is 58.7 Å². The maximum Gasteiger partial charge on any atom is 0.269 e. The molecule has 5 rings (SSSR count). The van der Waals surface area contributed by atoms with E-state index in [1.54, 1.807) is 24.3 Å². The van der Waals surface area contributed by atoms with Gasteiger partial charge in [-0.1, -0.05) is 31.2 Å². The number of aryl methyl sites for hydroxylation is 2. The Labute approximate surface area is 222 Å². The van der Waals surface area contributed by atoms with Crippen LogP contribution in [-0.4, -0.2) is 24.5 Å². The van der Waals surface area contributed by atoms with Crippen molar-refractivity contribution in [3.05, 3.63) is 97.9 Å². The average molecular weight is 528 g/mol. The molecule has 0 radical (unpaired) electrons. The minimum Gasteiger partial charge on any atom is -0.368 e. The number of halogens is 1.